The van der Waals surface area contributed by atoms with E-state index in [9.17, 15) is 5.11 Å². The Morgan fingerprint density at radius 2 is 2.06 bits per heavy atom. The van der Waals surface area contributed by atoms with Gasteiger partial charge in [0.15, 0.2) is 0 Å². The summed E-state index contributed by atoms with van der Waals surface area (Å²) in [5.74, 6) is 0.969. The molecule has 2 rings (SSSR count). The first-order valence-corrected chi connectivity index (χ1v) is 6.37. The number of aliphatic hydroxyl groups excluding tert-OH is 1. The number of aliphatic hydroxyl groups is 1. The average molecular weight is 235 g/mol. The highest BCUT2D eigenvalue weighted by Crippen LogP contribution is 2.27. The van der Waals surface area contributed by atoms with Gasteiger partial charge >= 0.3 is 0 Å². The molecule has 0 unspecified atom stereocenters. The van der Waals surface area contributed by atoms with Crippen molar-refractivity contribution in [3.63, 3.8) is 0 Å². The van der Waals surface area contributed by atoms with Crippen LogP contribution in [0.4, 0.5) is 5.69 Å². The minimum Gasteiger partial charge on any atom is -0.494 e. The Morgan fingerprint density at radius 1 is 1.35 bits per heavy atom. The van der Waals surface area contributed by atoms with E-state index in [1.807, 2.05) is 6.92 Å². The number of nitrogens with zero attached hydrogens (tertiary/aromatic N) is 1. The lowest BCUT2D eigenvalue weighted by atomic mass is 10.1. The number of rotatable bonds is 3. The van der Waals surface area contributed by atoms with Gasteiger partial charge in [0, 0.05) is 24.8 Å². The van der Waals surface area contributed by atoms with Crippen LogP contribution in [0.1, 0.15) is 25.3 Å². The van der Waals surface area contributed by atoms with Crippen molar-refractivity contribution < 1.29 is 9.84 Å². The second-order valence-electron chi connectivity index (χ2n) is 4.60. The summed E-state index contributed by atoms with van der Waals surface area (Å²) in [7, 11) is 0. The number of hydrogen-bond acceptors (Lipinski definition) is 3. The predicted molar refractivity (Wildman–Crippen MR) is 69.8 cm³/mol. The molecule has 94 valence electrons. The molecule has 1 saturated heterocycles. The van der Waals surface area contributed by atoms with Crippen molar-refractivity contribution >= 4 is 5.69 Å². The number of benzene rings is 1. The summed E-state index contributed by atoms with van der Waals surface area (Å²) in [6.45, 7) is 6.62. The third-order valence-electron chi connectivity index (χ3n) is 3.30. The normalized spacial score (nSPS) is 17.2. The molecule has 0 bridgehead atoms. The molecule has 1 N–H and O–H groups in total. The molecule has 0 spiro atoms. The van der Waals surface area contributed by atoms with Gasteiger partial charge in [-0.15, -0.1) is 0 Å². The van der Waals surface area contributed by atoms with Crippen LogP contribution in [0.5, 0.6) is 5.75 Å². The lowest BCUT2D eigenvalue weighted by molar-refractivity contribution is 0.145. The maximum atomic E-state index is 9.51. The van der Waals surface area contributed by atoms with Gasteiger partial charge < -0.3 is 14.7 Å². The monoisotopic (exact) mass is 235 g/mol. The van der Waals surface area contributed by atoms with Gasteiger partial charge in [0.25, 0.3) is 0 Å². The molecule has 1 fully saturated rings. The van der Waals surface area contributed by atoms with Crippen LogP contribution in [0.2, 0.25) is 0 Å². The van der Waals surface area contributed by atoms with E-state index < -0.39 is 0 Å². The lowest BCUT2D eigenvalue weighted by Gasteiger charge is -2.31. The fourth-order valence-corrected chi connectivity index (χ4v) is 2.22. The molecule has 1 aliphatic heterocycles. The Balaban J connectivity index is 2.12. The summed E-state index contributed by atoms with van der Waals surface area (Å²) in [4.78, 5) is 2.31. The molecule has 0 saturated carbocycles. The van der Waals surface area contributed by atoms with Crippen molar-refractivity contribution in [2.45, 2.75) is 32.8 Å². The van der Waals surface area contributed by atoms with E-state index in [0.29, 0.717) is 6.61 Å². The van der Waals surface area contributed by atoms with Crippen LogP contribution >= 0.6 is 0 Å². The van der Waals surface area contributed by atoms with E-state index in [1.165, 1.54) is 11.3 Å². The standard InChI is InChI=1S/C14H21NO2/c1-3-17-14-10-12(5-4-11(14)2)15-8-6-13(16)7-9-15/h4-5,10,13,16H,3,6-9H2,1-2H3. The molecule has 17 heavy (non-hydrogen) atoms. The summed E-state index contributed by atoms with van der Waals surface area (Å²) in [5.41, 5.74) is 2.37. The smallest absolute Gasteiger partial charge is 0.124 e. The zero-order chi connectivity index (χ0) is 12.3. The van der Waals surface area contributed by atoms with E-state index in [1.54, 1.807) is 0 Å². The van der Waals surface area contributed by atoms with Crippen LogP contribution in [0.15, 0.2) is 18.2 Å². The zero-order valence-electron chi connectivity index (χ0n) is 10.6. The van der Waals surface area contributed by atoms with E-state index in [0.717, 1.165) is 31.7 Å². The van der Waals surface area contributed by atoms with Crippen molar-refractivity contribution in [3.05, 3.63) is 23.8 Å². The van der Waals surface area contributed by atoms with Crippen LogP contribution in [-0.4, -0.2) is 30.9 Å². The molecule has 1 aliphatic rings. The molecule has 0 amide bonds. The van der Waals surface area contributed by atoms with Crippen LogP contribution < -0.4 is 9.64 Å². The summed E-state index contributed by atoms with van der Waals surface area (Å²) < 4.78 is 5.61. The van der Waals surface area contributed by atoms with Gasteiger partial charge in [-0.1, -0.05) is 6.07 Å². The molecule has 1 aromatic rings. The number of ether oxygens (including phenoxy) is 1. The molecule has 1 heterocycles. The minimum absolute atomic E-state index is 0.122. The van der Waals surface area contributed by atoms with Crippen molar-refractivity contribution in [3.8, 4) is 5.75 Å². The molecule has 0 atom stereocenters. The van der Waals surface area contributed by atoms with E-state index in [-0.39, 0.29) is 6.10 Å². The molecular weight excluding hydrogens is 214 g/mol. The topological polar surface area (TPSA) is 32.7 Å². The summed E-state index contributed by atoms with van der Waals surface area (Å²) in [6.07, 6.45) is 1.60. The molecule has 3 heteroatoms. The predicted octanol–water partition coefficient (Wildman–Crippen LogP) is 2.35. The van der Waals surface area contributed by atoms with E-state index >= 15 is 0 Å². The fraction of sp³-hybridized carbons (Fsp3) is 0.571. The highest BCUT2D eigenvalue weighted by atomic mass is 16.5. The SMILES string of the molecule is CCOc1cc(N2CCC(O)CC2)ccc1C. The second-order valence-corrected chi connectivity index (χ2v) is 4.60. The van der Waals surface area contributed by atoms with Crippen LogP contribution in [-0.2, 0) is 0 Å². The number of hydrogen-bond donors (Lipinski definition) is 1. The fourth-order valence-electron chi connectivity index (χ4n) is 2.22. The highest BCUT2D eigenvalue weighted by Gasteiger charge is 2.17. The van der Waals surface area contributed by atoms with Crippen LogP contribution in [0.25, 0.3) is 0 Å². The van der Waals surface area contributed by atoms with Crippen LogP contribution in [0, 0.1) is 6.92 Å². The largest absolute Gasteiger partial charge is 0.494 e. The molecule has 0 radical (unpaired) electrons. The van der Waals surface area contributed by atoms with Gasteiger partial charge in [0.05, 0.1) is 12.7 Å². The number of piperidine rings is 1. The molecular formula is C14H21NO2. The maximum absolute atomic E-state index is 9.51. The first-order chi connectivity index (χ1) is 8.20. The zero-order valence-corrected chi connectivity index (χ0v) is 10.6. The lowest BCUT2D eigenvalue weighted by Crippen LogP contribution is -2.35. The highest BCUT2D eigenvalue weighted by molar-refractivity contribution is 5.53. The van der Waals surface area contributed by atoms with Crippen molar-refractivity contribution in [1.29, 1.82) is 0 Å². The molecule has 3 nitrogen and oxygen atoms in total. The number of aryl methyl sites for hydroxylation is 1. The Hall–Kier alpha value is -1.22. The van der Waals surface area contributed by atoms with Gasteiger partial charge in [0.1, 0.15) is 5.75 Å². The Labute approximate surface area is 103 Å². The van der Waals surface area contributed by atoms with E-state index in [4.69, 9.17) is 4.74 Å². The molecule has 1 aromatic carbocycles. The first-order valence-electron chi connectivity index (χ1n) is 6.37. The van der Waals surface area contributed by atoms with Gasteiger partial charge in [-0.3, -0.25) is 0 Å². The van der Waals surface area contributed by atoms with Gasteiger partial charge in [-0.05, 0) is 38.3 Å². The van der Waals surface area contributed by atoms with Gasteiger partial charge in [-0.25, -0.2) is 0 Å². The average Bonchev–Trinajstić information content (AvgIpc) is 2.33. The van der Waals surface area contributed by atoms with Crippen molar-refractivity contribution in [2.75, 3.05) is 24.6 Å². The van der Waals surface area contributed by atoms with Gasteiger partial charge in [-0.2, -0.15) is 0 Å². The van der Waals surface area contributed by atoms with Crippen LogP contribution in [0.3, 0.4) is 0 Å². The van der Waals surface area contributed by atoms with Crippen molar-refractivity contribution in [1.82, 2.24) is 0 Å². The Bertz CT molecular complexity index is 370. The quantitative estimate of drug-likeness (QED) is 0.873. The Kier molecular flexibility index (Phi) is 3.89. The molecule has 0 aliphatic carbocycles. The van der Waals surface area contributed by atoms with E-state index in [2.05, 4.69) is 30.0 Å². The first kappa shape index (κ1) is 12.2. The Morgan fingerprint density at radius 3 is 2.71 bits per heavy atom. The third kappa shape index (κ3) is 2.91. The summed E-state index contributed by atoms with van der Waals surface area (Å²) >= 11 is 0. The molecule has 0 aromatic heterocycles. The summed E-state index contributed by atoms with van der Waals surface area (Å²) in [5, 5.41) is 9.51. The minimum atomic E-state index is -0.122. The number of anilines is 1. The second kappa shape index (κ2) is 5.41. The summed E-state index contributed by atoms with van der Waals surface area (Å²) in [6, 6.07) is 6.34. The van der Waals surface area contributed by atoms with Gasteiger partial charge in [0.2, 0.25) is 0 Å². The van der Waals surface area contributed by atoms with Crippen molar-refractivity contribution in [2.24, 2.45) is 0 Å². The third-order valence-corrected chi connectivity index (χ3v) is 3.30. The maximum Gasteiger partial charge on any atom is 0.124 e.